The van der Waals surface area contributed by atoms with E-state index in [0.29, 0.717) is 6.42 Å². The zero-order chi connectivity index (χ0) is 18.9. The number of benzene rings is 2. The number of hydrogen-bond donors (Lipinski definition) is 1. The number of carbonyl (C=O) groups excluding carboxylic acids is 2. The summed E-state index contributed by atoms with van der Waals surface area (Å²) in [5.74, 6) is -0.787. The molecule has 6 heteroatoms. The van der Waals surface area contributed by atoms with E-state index in [0.717, 1.165) is 11.1 Å². The van der Waals surface area contributed by atoms with Gasteiger partial charge >= 0.3 is 6.09 Å². The number of ketones is 1. The third-order valence-corrected chi connectivity index (χ3v) is 4.66. The van der Waals surface area contributed by atoms with Crippen molar-refractivity contribution in [2.75, 3.05) is 5.33 Å². The zero-order valence-electron chi connectivity index (χ0n) is 14.5. The Hall–Kier alpha value is -2.21. The second kappa shape index (κ2) is 10.1. The van der Waals surface area contributed by atoms with Crippen LogP contribution >= 0.6 is 15.9 Å². The fourth-order valence-corrected chi connectivity index (χ4v) is 3.10. The summed E-state index contributed by atoms with van der Waals surface area (Å²) >= 11 is 3.16. The summed E-state index contributed by atoms with van der Waals surface area (Å²) in [5.41, 5.74) is 1.65. The molecule has 0 spiro atoms. The van der Waals surface area contributed by atoms with Crippen LogP contribution in [0, 0.1) is 5.82 Å². The smallest absolute Gasteiger partial charge is 0.408 e. The first kappa shape index (κ1) is 20.1. The maximum absolute atomic E-state index is 13.2. The summed E-state index contributed by atoms with van der Waals surface area (Å²) < 4.78 is 18.4. The largest absolute Gasteiger partial charge is 0.445 e. The molecule has 0 saturated heterocycles. The van der Waals surface area contributed by atoms with Gasteiger partial charge in [0.05, 0.1) is 11.4 Å². The predicted octanol–water partition coefficient (Wildman–Crippen LogP) is 4.58. The van der Waals surface area contributed by atoms with E-state index in [1.165, 1.54) is 12.1 Å². The number of carbonyl (C=O) groups is 2. The van der Waals surface area contributed by atoms with E-state index in [1.807, 2.05) is 37.3 Å². The van der Waals surface area contributed by atoms with Crippen LogP contribution in [-0.2, 0) is 16.1 Å². The SMILES string of the molecule is CC[C@@H](c1ccc(F)cc1)[C@H](NC(=O)OCc1ccccc1)C(=O)CBr. The van der Waals surface area contributed by atoms with Crippen LogP contribution in [0.1, 0.15) is 30.4 Å². The van der Waals surface area contributed by atoms with Crippen molar-refractivity contribution in [2.45, 2.75) is 31.9 Å². The Kier molecular flexibility index (Phi) is 7.78. The molecule has 2 aromatic rings. The summed E-state index contributed by atoms with van der Waals surface area (Å²) in [7, 11) is 0. The molecule has 0 aromatic heterocycles. The number of rotatable bonds is 8. The van der Waals surface area contributed by atoms with Gasteiger partial charge in [-0.05, 0) is 29.7 Å². The molecule has 138 valence electrons. The number of alkyl halides is 1. The van der Waals surface area contributed by atoms with E-state index in [2.05, 4.69) is 21.2 Å². The van der Waals surface area contributed by atoms with Crippen molar-refractivity contribution in [3.05, 3.63) is 71.5 Å². The van der Waals surface area contributed by atoms with Crippen LogP contribution in [0.4, 0.5) is 9.18 Å². The number of ether oxygens (including phenoxy) is 1. The lowest BCUT2D eigenvalue weighted by molar-refractivity contribution is -0.119. The number of halogens is 2. The van der Waals surface area contributed by atoms with Gasteiger partial charge in [0.1, 0.15) is 12.4 Å². The Morgan fingerprint density at radius 1 is 1.12 bits per heavy atom. The molecule has 2 atom stereocenters. The lowest BCUT2D eigenvalue weighted by Crippen LogP contribution is -2.45. The van der Waals surface area contributed by atoms with Crippen LogP contribution in [0.3, 0.4) is 0 Å². The van der Waals surface area contributed by atoms with Gasteiger partial charge in [0, 0.05) is 5.92 Å². The van der Waals surface area contributed by atoms with Crippen molar-refractivity contribution < 1.29 is 18.7 Å². The minimum atomic E-state index is -0.756. The number of hydrogen-bond acceptors (Lipinski definition) is 3. The Morgan fingerprint density at radius 2 is 1.77 bits per heavy atom. The third-order valence-electron chi connectivity index (χ3n) is 4.11. The van der Waals surface area contributed by atoms with Crippen LogP contribution in [0.2, 0.25) is 0 Å². The van der Waals surface area contributed by atoms with Crippen LogP contribution in [0.5, 0.6) is 0 Å². The Labute approximate surface area is 160 Å². The fourth-order valence-electron chi connectivity index (χ4n) is 2.75. The molecule has 0 fully saturated rings. The molecule has 4 nitrogen and oxygen atoms in total. The van der Waals surface area contributed by atoms with Crippen LogP contribution in [0.25, 0.3) is 0 Å². The number of alkyl carbamates (subject to hydrolysis) is 1. The second-order valence-corrected chi connectivity index (χ2v) is 6.41. The molecule has 0 aliphatic carbocycles. The molecule has 0 saturated carbocycles. The average Bonchev–Trinajstić information content (AvgIpc) is 2.67. The molecule has 0 unspecified atom stereocenters. The molecule has 2 aromatic carbocycles. The molecule has 0 radical (unpaired) electrons. The monoisotopic (exact) mass is 421 g/mol. The van der Waals surface area contributed by atoms with Crippen molar-refractivity contribution >= 4 is 27.8 Å². The highest BCUT2D eigenvalue weighted by atomic mass is 79.9. The molecule has 2 rings (SSSR count). The molecule has 1 N–H and O–H groups in total. The van der Waals surface area contributed by atoms with Gasteiger partial charge in [-0.15, -0.1) is 0 Å². The average molecular weight is 422 g/mol. The maximum Gasteiger partial charge on any atom is 0.408 e. The van der Waals surface area contributed by atoms with Crippen LogP contribution in [-0.4, -0.2) is 23.2 Å². The minimum Gasteiger partial charge on any atom is -0.445 e. The van der Waals surface area contributed by atoms with Gasteiger partial charge in [0.15, 0.2) is 5.78 Å². The van der Waals surface area contributed by atoms with E-state index in [4.69, 9.17) is 4.74 Å². The minimum absolute atomic E-state index is 0.105. The molecule has 0 aliphatic rings. The topological polar surface area (TPSA) is 55.4 Å². The standard InChI is InChI=1S/C20H21BrFNO3/c1-2-17(15-8-10-16(22)11-9-15)19(18(24)12-21)23-20(25)26-13-14-6-4-3-5-7-14/h3-11,17,19H,2,12-13H2,1H3,(H,23,25)/t17-,19-/m0/s1. The van der Waals surface area contributed by atoms with E-state index in [1.54, 1.807) is 12.1 Å². The van der Waals surface area contributed by atoms with Gasteiger partial charge in [-0.3, -0.25) is 4.79 Å². The highest BCUT2D eigenvalue weighted by Crippen LogP contribution is 2.25. The van der Waals surface area contributed by atoms with Crippen molar-refractivity contribution in [2.24, 2.45) is 0 Å². The summed E-state index contributed by atoms with van der Waals surface area (Å²) in [6, 6.07) is 14.5. The summed E-state index contributed by atoms with van der Waals surface area (Å²) in [5, 5.41) is 2.77. The molecule has 0 aliphatic heterocycles. The fraction of sp³-hybridized carbons (Fsp3) is 0.300. The molecule has 26 heavy (non-hydrogen) atoms. The summed E-state index contributed by atoms with van der Waals surface area (Å²) in [6.07, 6.45) is -0.0534. The van der Waals surface area contributed by atoms with Gasteiger partial charge in [0.25, 0.3) is 0 Å². The first-order valence-corrected chi connectivity index (χ1v) is 9.48. The highest BCUT2D eigenvalue weighted by molar-refractivity contribution is 9.09. The molecular weight excluding hydrogens is 401 g/mol. The van der Waals surface area contributed by atoms with Crippen molar-refractivity contribution in [3.8, 4) is 0 Å². The summed E-state index contributed by atoms with van der Waals surface area (Å²) in [6.45, 7) is 2.04. The molecule has 0 bridgehead atoms. The third kappa shape index (κ3) is 5.66. The maximum atomic E-state index is 13.2. The van der Waals surface area contributed by atoms with Crippen molar-refractivity contribution in [1.29, 1.82) is 0 Å². The first-order chi connectivity index (χ1) is 12.5. The zero-order valence-corrected chi connectivity index (χ0v) is 16.0. The summed E-state index contributed by atoms with van der Waals surface area (Å²) in [4.78, 5) is 24.6. The second-order valence-electron chi connectivity index (χ2n) is 5.85. The number of nitrogens with one attached hydrogen (secondary N) is 1. The van der Waals surface area contributed by atoms with E-state index in [-0.39, 0.29) is 29.5 Å². The first-order valence-electron chi connectivity index (χ1n) is 8.36. The molecule has 1 amide bonds. The van der Waals surface area contributed by atoms with Crippen LogP contribution < -0.4 is 5.32 Å². The van der Waals surface area contributed by atoms with E-state index in [9.17, 15) is 14.0 Å². The predicted molar refractivity (Wildman–Crippen MR) is 102 cm³/mol. The highest BCUT2D eigenvalue weighted by Gasteiger charge is 2.29. The van der Waals surface area contributed by atoms with Gasteiger partial charge in [0.2, 0.25) is 0 Å². The Balaban J connectivity index is 2.08. The lowest BCUT2D eigenvalue weighted by atomic mass is 9.87. The van der Waals surface area contributed by atoms with E-state index < -0.39 is 12.1 Å². The van der Waals surface area contributed by atoms with Gasteiger partial charge in [-0.2, -0.15) is 0 Å². The lowest BCUT2D eigenvalue weighted by Gasteiger charge is -2.26. The van der Waals surface area contributed by atoms with Gasteiger partial charge in [-0.1, -0.05) is 65.3 Å². The molecule has 0 heterocycles. The number of Topliss-reactive ketones (excluding diaryl/α,β-unsaturated/α-hetero) is 1. The van der Waals surface area contributed by atoms with Crippen molar-refractivity contribution in [3.63, 3.8) is 0 Å². The van der Waals surface area contributed by atoms with Crippen molar-refractivity contribution in [1.82, 2.24) is 5.32 Å². The Bertz CT molecular complexity index is 722. The van der Waals surface area contributed by atoms with E-state index >= 15 is 0 Å². The number of amides is 1. The van der Waals surface area contributed by atoms with Crippen LogP contribution in [0.15, 0.2) is 54.6 Å². The van der Waals surface area contributed by atoms with Gasteiger partial charge < -0.3 is 10.1 Å². The van der Waals surface area contributed by atoms with Gasteiger partial charge in [-0.25, -0.2) is 9.18 Å². The quantitative estimate of drug-likeness (QED) is 0.634. The Morgan fingerprint density at radius 3 is 2.35 bits per heavy atom. The normalized spacial score (nSPS) is 12.9. The molecular formula is C20H21BrFNO3.